The second kappa shape index (κ2) is 7.54. The minimum atomic E-state index is -3.23. The molecule has 1 aliphatic rings. The van der Waals surface area contributed by atoms with E-state index in [4.69, 9.17) is 0 Å². The van der Waals surface area contributed by atoms with Crippen LogP contribution >= 0.6 is 0 Å². The van der Waals surface area contributed by atoms with Gasteiger partial charge in [-0.1, -0.05) is 42.5 Å². The number of sulfonamides is 1. The number of benzene rings is 2. The first-order valence-corrected chi connectivity index (χ1v) is 10.3. The first-order valence-electron chi connectivity index (χ1n) is 8.73. The van der Waals surface area contributed by atoms with E-state index in [1.807, 2.05) is 30.3 Å². The summed E-state index contributed by atoms with van der Waals surface area (Å²) in [5, 5.41) is 5.26. The molecule has 1 heterocycles. The largest absolute Gasteiger partial charge is 0.352 e. The molecule has 1 unspecified atom stereocenters. The Morgan fingerprint density at radius 2 is 1.96 bits per heavy atom. The van der Waals surface area contributed by atoms with Crippen molar-refractivity contribution in [2.75, 3.05) is 18.8 Å². The number of nitrogens with zero attached hydrogens (tertiary/aromatic N) is 1. The first kappa shape index (κ1) is 17.9. The Morgan fingerprint density at radius 1 is 1.20 bits per heavy atom. The molecule has 1 atom stereocenters. The van der Waals surface area contributed by atoms with E-state index in [0.717, 1.165) is 29.2 Å². The molecule has 25 heavy (non-hydrogen) atoms. The van der Waals surface area contributed by atoms with E-state index in [9.17, 15) is 13.2 Å². The Hall–Kier alpha value is -1.92. The Kier molecular flexibility index (Phi) is 5.39. The summed E-state index contributed by atoms with van der Waals surface area (Å²) in [5.41, 5.74) is 1.07. The van der Waals surface area contributed by atoms with Crippen LogP contribution in [-0.2, 0) is 21.4 Å². The average Bonchev–Trinajstić information content (AvgIpc) is 2.66. The third-order valence-electron chi connectivity index (χ3n) is 4.85. The molecule has 2 aromatic carbocycles. The molecule has 0 spiro atoms. The lowest BCUT2D eigenvalue weighted by atomic mass is 9.98. The van der Waals surface area contributed by atoms with Gasteiger partial charge in [0.25, 0.3) is 0 Å². The van der Waals surface area contributed by atoms with Gasteiger partial charge in [-0.2, -0.15) is 0 Å². The number of carbonyl (C=O) groups is 1. The van der Waals surface area contributed by atoms with Crippen molar-refractivity contribution in [1.29, 1.82) is 0 Å². The molecule has 5 nitrogen and oxygen atoms in total. The van der Waals surface area contributed by atoms with Gasteiger partial charge in [-0.3, -0.25) is 4.79 Å². The summed E-state index contributed by atoms with van der Waals surface area (Å²) >= 11 is 0. The van der Waals surface area contributed by atoms with Crippen LogP contribution in [0, 0.1) is 5.92 Å². The number of carbonyl (C=O) groups excluding carboxylic acids is 1. The molecule has 134 valence electrons. The quantitative estimate of drug-likeness (QED) is 0.891. The van der Waals surface area contributed by atoms with Crippen LogP contribution in [0.1, 0.15) is 25.3 Å². The van der Waals surface area contributed by atoms with Crippen LogP contribution in [-0.4, -0.2) is 37.5 Å². The number of rotatable bonds is 5. The molecule has 1 saturated heterocycles. The number of hydrogen-bond donors (Lipinski definition) is 1. The lowest BCUT2D eigenvalue weighted by Crippen LogP contribution is -2.45. The molecule has 2 aromatic rings. The topological polar surface area (TPSA) is 66.5 Å². The fourth-order valence-corrected chi connectivity index (χ4v) is 4.54. The van der Waals surface area contributed by atoms with Gasteiger partial charge < -0.3 is 5.32 Å². The molecule has 0 aromatic heterocycles. The van der Waals surface area contributed by atoms with Crippen molar-refractivity contribution >= 4 is 26.7 Å². The molecule has 1 fully saturated rings. The van der Waals surface area contributed by atoms with Gasteiger partial charge >= 0.3 is 0 Å². The standard InChI is InChI=1S/C19H24N2O3S/c1-2-25(23,24)21-12-6-10-17(14-21)19(22)20-13-16-9-5-8-15-7-3-4-11-18(15)16/h3-5,7-9,11,17H,2,6,10,12-14H2,1H3,(H,20,22). The third kappa shape index (κ3) is 4.02. The van der Waals surface area contributed by atoms with Crippen molar-refractivity contribution in [2.45, 2.75) is 26.3 Å². The number of nitrogens with one attached hydrogen (secondary N) is 1. The maximum atomic E-state index is 12.5. The van der Waals surface area contributed by atoms with Crippen LogP contribution in [0.5, 0.6) is 0 Å². The van der Waals surface area contributed by atoms with E-state index in [0.29, 0.717) is 13.1 Å². The normalized spacial score (nSPS) is 19.0. The number of amides is 1. The zero-order valence-electron chi connectivity index (χ0n) is 14.4. The smallest absolute Gasteiger partial charge is 0.224 e. The zero-order chi connectivity index (χ0) is 17.9. The molecule has 0 aliphatic carbocycles. The Balaban J connectivity index is 1.66. The van der Waals surface area contributed by atoms with Crippen LogP contribution in [0.4, 0.5) is 0 Å². The van der Waals surface area contributed by atoms with Gasteiger partial charge in [0.15, 0.2) is 0 Å². The van der Waals surface area contributed by atoms with E-state index in [-0.39, 0.29) is 24.1 Å². The van der Waals surface area contributed by atoms with Gasteiger partial charge in [0.05, 0.1) is 11.7 Å². The van der Waals surface area contributed by atoms with Gasteiger partial charge in [-0.05, 0) is 36.1 Å². The van der Waals surface area contributed by atoms with E-state index in [1.165, 1.54) is 4.31 Å². The summed E-state index contributed by atoms with van der Waals surface area (Å²) < 4.78 is 25.5. The fourth-order valence-electron chi connectivity index (χ4n) is 3.36. The van der Waals surface area contributed by atoms with Crippen LogP contribution in [0.25, 0.3) is 10.8 Å². The number of piperidine rings is 1. The second-order valence-electron chi connectivity index (χ2n) is 6.45. The van der Waals surface area contributed by atoms with Crippen LogP contribution < -0.4 is 5.32 Å². The Bertz CT molecular complexity index is 859. The van der Waals surface area contributed by atoms with Gasteiger partial charge in [0.1, 0.15) is 0 Å². The summed E-state index contributed by atoms with van der Waals surface area (Å²) in [4.78, 5) is 12.5. The minimum Gasteiger partial charge on any atom is -0.352 e. The van der Waals surface area contributed by atoms with Crippen molar-refractivity contribution in [3.8, 4) is 0 Å². The molecule has 0 bridgehead atoms. The van der Waals surface area contributed by atoms with Gasteiger partial charge in [-0.15, -0.1) is 0 Å². The van der Waals surface area contributed by atoms with E-state index in [1.54, 1.807) is 6.92 Å². The zero-order valence-corrected chi connectivity index (χ0v) is 15.3. The van der Waals surface area contributed by atoms with Crippen molar-refractivity contribution in [3.05, 3.63) is 48.0 Å². The van der Waals surface area contributed by atoms with Gasteiger partial charge in [0, 0.05) is 19.6 Å². The second-order valence-corrected chi connectivity index (χ2v) is 8.71. The maximum Gasteiger partial charge on any atom is 0.224 e. The van der Waals surface area contributed by atoms with E-state index in [2.05, 4.69) is 17.4 Å². The maximum absolute atomic E-state index is 12.5. The van der Waals surface area contributed by atoms with Crippen molar-refractivity contribution in [2.24, 2.45) is 5.92 Å². The predicted molar refractivity (Wildman–Crippen MR) is 99.6 cm³/mol. The highest BCUT2D eigenvalue weighted by Crippen LogP contribution is 2.21. The van der Waals surface area contributed by atoms with Gasteiger partial charge in [0.2, 0.25) is 15.9 Å². The summed E-state index contributed by atoms with van der Waals surface area (Å²) in [6, 6.07) is 14.1. The molecule has 1 N–H and O–H groups in total. The molecule has 1 aliphatic heterocycles. The summed E-state index contributed by atoms with van der Waals surface area (Å²) in [6.07, 6.45) is 1.46. The molecule has 0 saturated carbocycles. The van der Waals surface area contributed by atoms with Crippen molar-refractivity contribution < 1.29 is 13.2 Å². The lowest BCUT2D eigenvalue weighted by molar-refractivity contribution is -0.126. The molecule has 6 heteroatoms. The van der Waals surface area contributed by atoms with Gasteiger partial charge in [-0.25, -0.2) is 12.7 Å². The Morgan fingerprint density at radius 3 is 2.76 bits per heavy atom. The highest BCUT2D eigenvalue weighted by Gasteiger charge is 2.31. The summed E-state index contributed by atoms with van der Waals surface area (Å²) in [6.45, 7) is 2.90. The lowest BCUT2D eigenvalue weighted by Gasteiger charge is -2.30. The van der Waals surface area contributed by atoms with Crippen LogP contribution in [0.2, 0.25) is 0 Å². The molecule has 3 rings (SSSR count). The molecule has 1 amide bonds. The summed E-state index contributed by atoms with van der Waals surface area (Å²) in [7, 11) is -3.23. The van der Waals surface area contributed by atoms with E-state index >= 15 is 0 Å². The van der Waals surface area contributed by atoms with Crippen LogP contribution in [0.3, 0.4) is 0 Å². The number of fused-ring (bicyclic) bond motifs is 1. The van der Waals surface area contributed by atoms with Crippen molar-refractivity contribution in [3.63, 3.8) is 0 Å². The van der Waals surface area contributed by atoms with Crippen molar-refractivity contribution in [1.82, 2.24) is 9.62 Å². The first-order chi connectivity index (χ1) is 12.0. The Labute approximate surface area is 149 Å². The highest BCUT2D eigenvalue weighted by atomic mass is 32.2. The molecular formula is C19H24N2O3S. The monoisotopic (exact) mass is 360 g/mol. The number of hydrogen-bond acceptors (Lipinski definition) is 3. The third-order valence-corrected chi connectivity index (χ3v) is 6.69. The minimum absolute atomic E-state index is 0.0658. The van der Waals surface area contributed by atoms with E-state index < -0.39 is 10.0 Å². The average molecular weight is 360 g/mol. The molecule has 0 radical (unpaired) electrons. The van der Waals surface area contributed by atoms with Crippen LogP contribution in [0.15, 0.2) is 42.5 Å². The predicted octanol–water partition coefficient (Wildman–Crippen LogP) is 2.52. The molecular weight excluding hydrogens is 336 g/mol. The SMILES string of the molecule is CCS(=O)(=O)N1CCCC(C(=O)NCc2cccc3ccccc23)C1. The fraction of sp³-hybridized carbons (Fsp3) is 0.421. The summed E-state index contributed by atoms with van der Waals surface area (Å²) in [5.74, 6) is -0.258. The highest BCUT2D eigenvalue weighted by molar-refractivity contribution is 7.89.